The molecule has 0 radical (unpaired) electrons. The van der Waals surface area contributed by atoms with Crippen molar-refractivity contribution in [3.8, 4) is 5.75 Å². The number of benzene rings is 2. The summed E-state index contributed by atoms with van der Waals surface area (Å²) in [6, 6.07) is 12.5. The highest BCUT2D eigenvalue weighted by Crippen LogP contribution is 2.37. The molecule has 0 saturated heterocycles. The summed E-state index contributed by atoms with van der Waals surface area (Å²) >= 11 is 0. The molecule has 4 aromatic rings. The maximum absolute atomic E-state index is 12.5. The summed E-state index contributed by atoms with van der Waals surface area (Å²) in [5.41, 5.74) is 2.11. The molecule has 0 saturated carbocycles. The number of aryl methyl sites for hydroxylation is 2. The van der Waals surface area contributed by atoms with Crippen LogP contribution in [0.15, 0.2) is 60.9 Å². The number of ether oxygens (including phenoxy) is 1. The van der Waals surface area contributed by atoms with Crippen LogP contribution in [-0.2, 0) is 12.8 Å². The Kier molecular flexibility index (Phi) is 5.52. The fourth-order valence-electron chi connectivity index (χ4n) is 4.58. The van der Waals surface area contributed by atoms with Gasteiger partial charge in [0.05, 0.1) is 23.2 Å². The maximum Gasteiger partial charge on any atom is 0.342 e. The summed E-state index contributed by atoms with van der Waals surface area (Å²) in [7, 11) is 0. The molecule has 0 amide bonds. The third-order valence-electron chi connectivity index (χ3n) is 6.10. The molecule has 2 aromatic heterocycles. The Bertz CT molecular complexity index is 1460. The summed E-state index contributed by atoms with van der Waals surface area (Å²) in [4.78, 5) is 24.8. The summed E-state index contributed by atoms with van der Waals surface area (Å²) in [6.07, 6.45) is 0.152. The minimum absolute atomic E-state index is 0.0682. The molecule has 33 heavy (non-hydrogen) atoms. The molecule has 2 aromatic carbocycles. The van der Waals surface area contributed by atoms with Gasteiger partial charge >= 0.3 is 11.3 Å². The first kappa shape index (κ1) is 21.4. The van der Waals surface area contributed by atoms with Gasteiger partial charge in [0.1, 0.15) is 23.5 Å². The lowest BCUT2D eigenvalue weighted by Gasteiger charge is -2.23. The maximum atomic E-state index is 12.5. The molecule has 2 unspecified atom stereocenters. The molecule has 0 aliphatic heterocycles. The van der Waals surface area contributed by atoms with E-state index < -0.39 is 23.5 Å². The topological polar surface area (TPSA) is 110 Å². The number of hydrogen-bond acceptors (Lipinski definition) is 7. The minimum atomic E-state index is -0.957. The van der Waals surface area contributed by atoms with Gasteiger partial charge in [-0.05, 0) is 61.6 Å². The van der Waals surface area contributed by atoms with Crippen LogP contribution in [0.3, 0.4) is 0 Å². The quantitative estimate of drug-likeness (QED) is 0.449. The van der Waals surface area contributed by atoms with Gasteiger partial charge in [0.15, 0.2) is 0 Å². The van der Waals surface area contributed by atoms with Crippen molar-refractivity contribution in [3.05, 3.63) is 85.6 Å². The molecular formula is C26H24O7. The average Bonchev–Trinajstić information content (AvgIpc) is 2.77. The molecular weight excluding hydrogens is 424 g/mol. The molecule has 1 aliphatic carbocycles. The molecule has 5 rings (SSSR count). The number of fused-ring (bicyclic) bond motifs is 4. The van der Waals surface area contributed by atoms with E-state index >= 15 is 0 Å². The van der Waals surface area contributed by atoms with Crippen LogP contribution in [0.25, 0.3) is 21.9 Å². The Balaban J connectivity index is 1.44. The lowest BCUT2D eigenvalue weighted by molar-refractivity contribution is 0.107. The van der Waals surface area contributed by atoms with E-state index in [0.29, 0.717) is 40.7 Å². The zero-order valence-electron chi connectivity index (χ0n) is 18.2. The van der Waals surface area contributed by atoms with Crippen LogP contribution in [0.1, 0.15) is 41.2 Å². The van der Waals surface area contributed by atoms with E-state index in [1.165, 1.54) is 0 Å². The van der Waals surface area contributed by atoms with Crippen molar-refractivity contribution in [1.82, 2.24) is 0 Å². The smallest absolute Gasteiger partial charge is 0.342 e. The molecule has 2 heterocycles. The Labute approximate surface area is 188 Å². The molecule has 7 nitrogen and oxygen atoms in total. The highest BCUT2D eigenvalue weighted by Gasteiger charge is 2.27. The number of hydrogen-bond donors (Lipinski definition) is 2. The zero-order valence-corrected chi connectivity index (χ0v) is 18.2. The number of aliphatic hydroxyl groups excluding tert-OH is 2. The van der Waals surface area contributed by atoms with Crippen LogP contribution in [0.4, 0.5) is 0 Å². The van der Waals surface area contributed by atoms with Gasteiger partial charge in [0.2, 0.25) is 0 Å². The third kappa shape index (κ3) is 4.05. The highest BCUT2D eigenvalue weighted by molar-refractivity contribution is 5.88. The normalized spacial score (nSPS) is 16.6. The number of aliphatic hydroxyl groups is 2. The Morgan fingerprint density at radius 2 is 1.88 bits per heavy atom. The van der Waals surface area contributed by atoms with Crippen LogP contribution in [0.5, 0.6) is 5.75 Å². The van der Waals surface area contributed by atoms with E-state index in [2.05, 4.69) is 0 Å². The third-order valence-corrected chi connectivity index (χ3v) is 6.10. The largest absolute Gasteiger partial charge is 0.490 e. The van der Waals surface area contributed by atoms with E-state index in [0.717, 1.165) is 22.9 Å². The molecule has 0 spiro atoms. The monoisotopic (exact) mass is 448 g/mol. The molecule has 0 bridgehead atoms. The van der Waals surface area contributed by atoms with E-state index in [-0.39, 0.29) is 18.6 Å². The predicted molar refractivity (Wildman–Crippen MR) is 123 cm³/mol. The first-order valence-corrected chi connectivity index (χ1v) is 11.0. The van der Waals surface area contributed by atoms with E-state index in [1.54, 1.807) is 24.3 Å². The van der Waals surface area contributed by atoms with Crippen LogP contribution in [0.2, 0.25) is 0 Å². The van der Waals surface area contributed by atoms with Crippen LogP contribution in [0, 0.1) is 6.92 Å². The van der Waals surface area contributed by atoms with Crippen molar-refractivity contribution in [1.29, 1.82) is 0 Å². The highest BCUT2D eigenvalue weighted by atomic mass is 16.5. The second kappa shape index (κ2) is 8.50. The lowest BCUT2D eigenvalue weighted by atomic mass is 9.88. The molecule has 170 valence electrons. The van der Waals surface area contributed by atoms with Crippen LogP contribution in [-0.4, -0.2) is 22.9 Å². The van der Waals surface area contributed by atoms with Crippen molar-refractivity contribution in [2.24, 2.45) is 0 Å². The summed E-state index contributed by atoms with van der Waals surface area (Å²) in [5, 5.41) is 22.4. The SMILES string of the molecule is Cc1cc(OCC(O)Cc2cc3ccccc3oc2=O)c2c3c(c(=O)oc2c1)C(O)CCC3. The van der Waals surface area contributed by atoms with Gasteiger partial charge in [-0.3, -0.25) is 0 Å². The Morgan fingerprint density at radius 1 is 1.09 bits per heavy atom. The number of rotatable bonds is 5. The molecule has 2 N–H and O–H groups in total. The first-order valence-electron chi connectivity index (χ1n) is 11.0. The van der Waals surface area contributed by atoms with Gasteiger partial charge in [-0.25, -0.2) is 9.59 Å². The summed E-state index contributed by atoms with van der Waals surface area (Å²) < 4.78 is 16.8. The molecule has 2 atom stereocenters. The van der Waals surface area contributed by atoms with Crippen molar-refractivity contribution < 1.29 is 23.8 Å². The fourth-order valence-corrected chi connectivity index (χ4v) is 4.58. The van der Waals surface area contributed by atoms with Gasteiger partial charge in [-0.15, -0.1) is 0 Å². The average molecular weight is 448 g/mol. The van der Waals surface area contributed by atoms with Gasteiger partial charge < -0.3 is 23.8 Å². The fraction of sp³-hybridized carbons (Fsp3) is 0.308. The molecule has 1 aliphatic rings. The standard InChI is InChI=1S/C26H24O7/c1-14-9-21(24-18-6-4-7-19(28)23(18)26(30)33-22(24)10-14)31-13-17(27)12-16-11-15-5-2-3-8-20(15)32-25(16)29/h2-3,5,8-11,17,19,27-28H,4,6-7,12-13H2,1H3. The van der Waals surface area contributed by atoms with E-state index in [1.807, 2.05) is 25.1 Å². The van der Waals surface area contributed by atoms with Crippen molar-refractivity contribution in [2.45, 2.75) is 44.8 Å². The predicted octanol–water partition coefficient (Wildman–Crippen LogP) is 3.56. The lowest BCUT2D eigenvalue weighted by Crippen LogP contribution is -2.24. The summed E-state index contributed by atoms with van der Waals surface area (Å²) in [5.74, 6) is 0.476. The molecule has 0 fully saturated rings. The second-order valence-electron chi connectivity index (χ2n) is 8.59. The Hall–Kier alpha value is -3.42. The van der Waals surface area contributed by atoms with Gasteiger partial charge in [-0.2, -0.15) is 0 Å². The van der Waals surface area contributed by atoms with E-state index in [9.17, 15) is 19.8 Å². The minimum Gasteiger partial charge on any atom is -0.490 e. The van der Waals surface area contributed by atoms with Crippen molar-refractivity contribution in [2.75, 3.05) is 6.61 Å². The van der Waals surface area contributed by atoms with Crippen molar-refractivity contribution in [3.63, 3.8) is 0 Å². The molecule has 7 heteroatoms. The van der Waals surface area contributed by atoms with Crippen LogP contribution < -0.4 is 16.0 Å². The summed E-state index contributed by atoms with van der Waals surface area (Å²) in [6.45, 7) is 1.79. The second-order valence-corrected chi connectivity index (χ2v) is 8.59. The van der Waals surface area contributed by atoms with Crippen LogP contribution >= 0.6 is 0 Å². The van der Waals surface area contributed by atoms with Gasteiger partial charge in [0.25, 0.3) is 0 Å². The van der Waals surface area contributed by atoms with Gasteiger partial charge in [-0.1, -0.05) is 18.2 Å². The first-order chi connectivity index (χ1) is 15.9. The van der Waals surface area contributed by atoms with Crippen molar-refractivity contribution >= 4 is 21.9 Å². The number of para-hydroxylation sites is 1. The van der Waals surface area contributed by atoms with E-state index in [4.69, 9.17) is 13.6 Å². The van der Waals surface area contributed by atoms with Gasteiger partial charge in [0, 0.05) is 17.4 Å². The zero-order chi connectivity index (χ0) is 23.1. The Morgan fingerprint density at radius 3 is 2.73 bits per heavy atom.